The Hall–Kier alpha value is -3.20. The Morgan fingerprint density at radius 2 is 1.81 bits per heavy atom. The Morgan fingerprint density at radius 3 is 2.44 bits per heavy atom. The van der Waals surface area contributed by atoms with Crippen LogP contribution in [0.25, 0.3) is 0 Å². The van der Waals surface area contributed by atoms with Crippen molar-refractivity contribution in [2.24, 2.45) is 0 Å². The fourth-order valence-corrected chi connectivity index (χ4v) is 5.94. The Bertz CT molecular complexity index is 1200. The van der Waals surface area contributed by atoms with Crippen LogP contribution in [0, 0.1) is 13.8 Å². The highest BCUT2D eigenvalue weighted by Gasteiger charge is 2.54. The molecule has 4 amide bonds. The third kappa shape index (κ3) is 3.88. The molecule has 2 aliphatic heterocycles. The highest BCUT2D eigenvalue weighted by Crippen LogP contribution is 2.36. The number of urea groups is 1. The van der Waals surface area contributed by atoms with Gasteiger partial charge in [-0.1, -0.05) is 48.5 Å². The van der Waals surface area contributed by atoms with Crippen LogP contribution in [0.3, 0.4) is 0 Å². The summed E-state index contributed by atoms with van der Waals surface area (Å²) in [5, 5.41) is 5.45. The molecule has 0 unspecified atom stereocenters. The minimum atomic E-state index is -3.16. The molecule has 2 aromatic rings. The van der Waals surface area contributed by atoms with Crippen LogP contribution in [0.15, 0.2) is 48.5 Å². The number of rotatable bonds is 5. The molecule has 2 aromatic carbocycles. The summed E-state index contributed by atoms with van der Waals surface area (Å²) in [6, 6.07) is 13.3. The molecule has 4 rings (SSSR count). The van der Waals surface area contributed by atoms with E-state index in [0.29, 0.717) is 17.5 Å². The standard InChI is InChI=1S/C23H25N3O5S/c1-15-8-9-18(12-16(15)2)23(17-6-4-3-5-7-17)21(28)26(22(29)25-23)13-20(27)24-19-10-11-32(30,31)14-19/h3-9,12,19H,10-11,13-14H2,1-2H3,(H,24,27)(H,25,29)/t19-,23+/m0/s1. The maximum atomic E-state index is 13.7. The van der Waals surface area contributed by atoms with Crippen LogP contribution in [0.5, 0.6) is 0 Å². The Balaban J connectivity index is 1.65. The van der Waals surface area contributed by atoms with Crippen molar-refractivity contribution in [3.8, 4) is 0 Å². The van der Waals surface area contributed by atoms with Gasteiger partial charge in [0.25, 0.3) is 5.91 Å². The molecule has 0 saturated carbocycles. The molecule has 0 aromatic heterocycles. The summed E-state index contributed by atoms with van der Waals surface area (Å²) in [7, 11) is -3.16. The number of sulfone groups is 1. The number of hydrogen-bond acceptors (Lipinski definition) is 5. The van der Waals surface area contributed by atoms with Crippen molar-refractivity contribution >= 4 is 27.7 Å². The lowest BCUT2D eigenvalue weighted by Gasteiger charge is -2.28. The van der Waals surface area contributed by atoms with Crippen molar-refractivity contribution in [3.63, 3.8) is 0 Å². The van der Waals surface area contributed by atoms with Crippen LogP contribution in [0.1, 0.15) is 28.7 Å². The van der Waals surface area contributed by atoms with Gasteiger partial charge in [-0.25, -0.2) is 13.2 Å². The molecule has 0 bridgehead atoms. The van der Waals surface area contributed by atoms with Crippen LogP contribution in [-0.4, -0.2) is 55.3 Å². The lowest BCUT2D eigenvalue weighted by atomic mass is 9.81. The lowest BCUT2D eigenvalue weighted by Crippen LogP contribution is -2.47. The van der Waals surface area contributed by atoms with Gasteiger partial charge < -0.3 is 10.6 Å². The quantitative estimate of drug-likeness (QED) is 0.662. The van der Waals surface area contributed by atoms with Gasteiger partial charge in [0.1, 0.15) is 6.54 Å². The third-order valence-electron chi connectivity index (χ3n) is 6.15. The molecular formula is C23H25N3O5S. The third-order valence-corrected chi connectivity index (χ3v) is 7.92. The highest BCUT2D eigenvalue weighted by atomic mass is 32.2. The predicted octanol–water partition coefficient (Wildman–Crippen LogP) is 1.40. The van der Waals surface area contributed by atoms with Gasteiger partial charge in [-0.3, -0.25) is 14.5 Å². The van der Waals surface area contributed by atoms with Gasteiger partial charge in [0, 0.05) is 6.04 Å². The first kappa shape index (κ1) is 22.0. The van der Waals surface area contributed by atoms with Crippen molar-refractivity contribution in [2.45, 2.75) is 31.8 Å². The molecule has 2 N–H and O–H groups in total. The number of nitrogens with one attached hydrogen (secondary N) is 2. The molecule has 2 heterocycles. The number of imide groups is 1. The van der Waals surface area contributed by atoms with Crippen LogP contribution in [0.2, 0.25) is 0 Å². The second-order valence-corrected chi connectivity index (χ2v) is 10.6. The summed E-state index contributed by atoms with van der Waals surface area (Å²) in [4.78, 5) is 40.0. The molecule has 8 nitrogen and oxygen atoms in total. The number of nitrogens with zero attached hydrogens (tertiary/aromatic N) is 1. The van der Waals surface area contributed by atoms with Crippen molar-refractivity contribution in [1.82, 2.24) is 15.5 Å². The van der Waals surface area contributed by atoms with E-state index in [0.717, 1.165) is 16.0 Å². The summed E-state index contributed by atoms with van der Waals surface area (Å²) < 4.78 is 23.3. The van der Waals surface area contributed by atoms with Crippen molar-refractivity contribution in [2.75, 3.05) is 18.1 Å². The van der Waals surface area contributed by atoms with Crippen LogP contribution >= 0.6 is 0 Å². The topological polar surface area (TPSA) is 113 Å². The molecule has 2 atom stereocenters. The van der Waals surface area contributed by atoms with Gasteiger partial charge in [-0.05, 0) is 42.5 Å². The Kier molecular flexibility index (Phi) is 5.54. The molecule has 0 aliphatic carbocycles. The fraction of sp³-hybridized carbons (Fsp3) is 0.348. The van der Waals surface area contributed by atoms with E-state index in [4.69, 9.17) is 0 Å². The summed E-state index contributed by atoms with van der Waals surface area (Å²) in [6.07, 6.45) is 0.324. The first-order valence-corrected chi connectivity index (χ1v) is 12.2. The monoisotopic (exact) mass is 455 g/mol. The van der Waals surface area contributed by atoms with Crippen molar-refractivity contribution < 1.29 is 22.8 Å². The predicted molar refractivity (Wildman–Crippen MR) is 119 cm³/mol. The van der Waals surface area contributed by atoms with E-state index < -0.39 is 45.8 Å². The van der Waals surface area contributed by atoms with E-state index >= 15 is 0 Å². The maximum absolute atomic E-state index is 13.7. The average molecular weight is 456 g/mol. The Labute approximate surface area is 186 Å². The summed E-state index contributed by atoms with van der Waals surface area (Å²) in [5.41, 5.74) is 1.77. The highest BCUT2D eigenvalue weighted by molar-refractivity contribution is 7.91. The second-order valence-electron chi connectivity index (χ2n) is 8.40. The molecule has 32 heavy (non-hydrogen) atoms. The van der Waals surface area contributed by atoms with Crippen LogP contribution < -0.4 is 10.6 Å². The normalized spacial score (nSPS) is 24.4. The van der Waals surface area contributed by atoms with E-state index in [1.165, 1.54) is 0 Å². The number of carbonyl (C=O) groups is 3. The van der Waals surface area contributed by atoms with E-state index in [-0.39, 0.29) is 11.5 Å². The van der Waals surface area contributed by atoms with E-state index in [1.54, 1.807) is 30.3 Å². The van der Waals surface area contributed by atoms with Crippen molar-refractivity contribution in [3.05, 3.63) is 70.8 Å². The van der Waals surface area contributed by atoms with Gasteiger partial charge in [0.15, 0.2) is 15.4 Å². The van der Waals surface area contributed by atoms with Gasteiger partial charge in [-0.15, -0.1) is 0 Å². The number of carbonyl (C=O) groups excluding carboxylic acids is 3. The van der Waals surface area contributed by atoms with Crippen LogP contribution in [-0.2, 0) is 25.0 Å². The summed E-state index contributed by atoms with van der Waals surface area (Å²) >= 11 is 0. The molecule has 2 saturated heterocycles. The molecular weight excluding hydrogens is 430 g/mol. The zero-order valence-electron chi connectivity index (χ0n) is 17.9. The van der Waals surface area contributed by atoms with E-state index in [2.05, 4.69) is 10.6 Å². The van der Waals surface area contributed by atoms with Crippen molar-refractivity contribution in [1.29, 1.82) is 0 Å². The first-order valence-electron chi connectivity index (χ1n) is 10.4. The fourth-order valence-electron chi connectivity index (χ4n) is 4.27. The summed E-state index contributed by atoms with van der Waals surface area (Å²) in [6.45, 7) is 3.41. The van der Waals surface area contributed by atoms with Gasteiger partial charge >= 0.3 is 6.03 Å². The zero-order chi connectivity index (χ0) is 23.1. The SMILES string of the molecule is Cc1ccc([C@@]2(c3ccccc3)NC(=O)N(CC(=O)N[C@H]3CCS(=O)(=O)C3)C2=O)cc1C. The second kappa shape index (κ2) is 8.05. The zero-order valence-corrected chi connectivity index (χ0v) is 18.7. The van der Waals surface area contributed by atoms with Gasteiger partial charge in [0.2, 0.25) is 5.91 Å². The molecule has 168 valence electrons. The molecule has 2 aliphatic rings. The minimum Gasteiger partial charge on any atom is -0.351 e. The summed E-state index contributed by atoms with van der Waals surface area (Å²) in [5.74, 6) is -1.23. The number of benzene rings is 2. The van der Waals surface area contributed by atoms with Gasteiger partial charge in [-0.2, -0.15) is 0 Å². The lowest BCUT2D eigenvalue weighted by molar-refractivity contribution is -0.134. The molecule has 0 radical (unpaired) electrons. The number of amides is 4. The molecule has 9 heteroatoms. The van der Waals surface area contributed by atoms with Gasteiger partial charge in [0.05, 0.1) is 11.5 Å². The largest absolute Gasteiger partial charge is 0.351 e. The Morgan fingerprint density at radius 1 is 1.09 bits per heavy atom. The minimum absolute atomic E-state index is 0.0188. The number of aryl methyl sites for hydroxylation is 2. The van der Waals surface area contributed by atoms with E-state index in [9.17, 15) is 22.8 Å². The molecule has 0 spiro atoms. The first-order chi connectivity index (χ1) is 15.1. The average Bonchev–Trinajstić information content (AvgIpc) is 3.21. The maximum Gasteiger partial charge on any atom is 0.326 e. The van der Waals surface area contributed by atoms with E-state index in [1.807, 2.05) is 32.0 Å². The number of hydrogen-bond donors (Lipinski definition) is 2. The smallest absolute Gasteiger partial charge is 0.326 e. The molecule has 2 fully saturated rings. The van der Waals surface area contributed by atoms with Crippen LogP contribution in [0.4, 0.5) is 4.79 Å².